The molecule has 4 rings (SSSR count). The summed E-state index contributed by atoms with van der Waals surface area (Å²) in [5, 5.41) is 3.95. The van der Waals surface area contributed by atoms with E-state index in [0.29, 0.717) is 42.7 Å². The third-order valence-corrected chi connectivity index (χ3v) is 5.05. The molecule has 0 saturated heterocycles. The van der Waals surface area contributed by atoms with Gasteiger partial charge < -0.3 is 5.32 Å². The quantitative estimate of drug-likeness (QED) is 0.727. The predicted octanol–water partition coefficient (Wildman–Crippen LogP) is 2.62. The summed E-state index contributed by atoms with van der Waals surface area (Å²) in [6.45, 7) is 1.98. The van der Waals surface area contributed by atoms with Gasteiger partial charge in [-0.2, -0.15) is 0 Å². The largest absolute Gasteiger partial charge is 0.358 e. The molecule has 2 N–H and O–H groups in total. The van der Waals surface area contributed by atoms with E-state index >= 15 is 0 Å². The van der Waals surface area contributed by atoms with E-state index < -0.39 is 5.69 Å². The first-order chi connectivity index (χ1) is 13.1. The number of halogens is 1. The van der Waals surface area contributed by atoms with Crippen molar-refractivity contribution >= 4 is 17.4 Å². The minimum absolute atomic E-state index is 0.351. The Labute approximate surface area is 161 Å². The number of hydrogen-bond acceptors (Lipinski definition) is 4. The molecule has 138 valence electrons. The summed E-state index contributed by atoms with van der Waals surface area (Å²) in [5.41, 5.74) is 1.79. The average molecular weight is 383 g/mol. The number of rotatable bonds is 4. The van der Waals surface area contributed by atoms with Crippen LogP contribution in [0.2, 0.25) is 5.02 Å². The number of hydrogen-bond donors (Lipinski definition) is 2. The third-order valence-electron chi connectivity index (χ3n) is 4.68. The van der Waals surface area contributed by atoms with Gasteiger partial charge in [0.1, 0.15) is 5.82 Å². The van der Waals surface area contributed by atoms with Crippen LogP contribution in [0, 0.1) is 0 Å². The summed E-state index contributed by atoms with van der Waals surface area (Å²) in [7, 11) is 0. The van der Waals surface area contributed by atoms with Crippen LogP contribution in [0.15, 0.2) is 64.2 Å². The van der Waals surface area contributed by atoms with Crippen molar-refractivity contribution in [3.8, 4) is 0 Å². The molecule has 27 heavy (non-hydrogen) atoms. The molecule has 7 heteroatoms. The Bertz CT molecular complexity index is 1080. The lowest BCUT2D eigenvalue weighted by Gasteiger charge is -2.31. The molecular weight excluding hydrogens is 364 g/mol. The van der Waals surface area contributed by atoms with Crippen LogP contribution in [0.3, 0.4) is 0 Å². The van der Waals surface area contributed by atoms with Crippen molar-refractivity contribution in [2.45, 2.75) is 19.6 Å². The van der Waals surface area contributed by atoms with E-state index in [4.69, 9.17) is 11.6 Å². The van der Waals surface area contributed by atoms with Crippen LogP contribution < -0.4 is 16.6 Å². The number of anilines is 1. The molecule has 0 spiro atoms. The van der Waals surface area contributed by atoms with Crippen LogP contribution in [-0.2, 0) is 19.6 Å². The Balaban J connectivity index is 1.64. The van der Waals surface area contributed by atoms with Gasteiger partial charge in [0.2, 0.25) is 0 Å². The normalized spacial score (nSPS) is 13.8. The van der Waals surface area contributed by atoms with Crippen LogP contribution in [0.5, 0.6) is 0 Å². The molecule has 1 aliphatic heterocycles. The molecule has 3 aromatic rings. The molecule has 0 atom stereocenters. The molecular formula is C20H19ClN4O2. The maximum Gasteiger partial charge on any atom is 0.330 e. The van der Waals surface area contributed by atoms with Gasteiger partial charge in [0.15, 0.2) is 0 Å². The highest BCUT2D eigenvalue weighted by atomic mass is 35.5. The lowest BCUT2D eigenvalue weighted by molar-refractivity contribution is 0.263. The number of benzene rings is 2. The molecule has 6 nitrogen and oxygen atoms in total. The Hall–Kier alpha value is -2.83. The first-order valence-electron chi connectivity index (χ1n) is 8.71. The summed E-state index contributed by atoms with van der Waals surface area (Å²) < 4.78 is 1.58. The van der Waals surface area contributed by atoms with Gasteiger partial charge in [-0.25, -0.2) is 4.79 Å². The van der Waals surface area contributed by atoms with Crippen LogP contribution in [0.1, 0.15) is 16.7 Å². The van der Waals surface area contributed by atoms with E-state index in [1.165, 1.54) is 0 Å². The topological polar surface area (TPSA) is 70.1 Å². The van der Waals surface area contributed by atoms with E-state index in [9.17, 15) is 9.59 Å². The summed E-state index contributed by atoms with van der Waals surface area (Å²) in [5.74, 6) is 0.586. The predicted molar refractivity (Wildman–Crippen MR) is 106 cm³/mol. The molecule has 1 aromatic heterocycles. The molecule has 0 amide bonds. The van der Waals surface area contributed by atoms with Gasteiger partial charge in [-0.05, 0) is 17.2 Å². The molecule has 2 heterocycles. The lowest BCUT2D eigenvalue weighted by atomic mass is 10.1. The van der Waals surface area contributed by atoms with Gasteiger partial charge in [-0.1, -0.05) is 60.1 Å². The minimum Gasteiger partial charge on any atom is -0.358 e. The first kappa shape index (κ1) is 17.6. The maximum absolute atomic E-state index is 12.4. The zero-order valence-corrected chi connectivity index (χ0v) is 15.4. The molecule has 0 fully saturated rings. The highest BCUT2D eigenvalue weighted by molar-refractivity contribution is 6.31. The number of nitrogens with zero attached hydrogens (tertiary/aromatic N) is 2. The zero-order chi connectivity index (χ0) is 18.8. The van der Waals surface area contributed by atoms with Crippen LogP contribution in [-0.4, -0.2) is 21.1 Å². The Morgan fingerprint density at radius 1 is 0.963 bits per heavy atom. The fourth-order valence-corrected chi connectivity index (χ4v) is 3.52. The molecule has 0 bridgehead atoms. The second-order valence-corrected chi connectivity index (χ2v) is 6.98. The number of fused-ring (bicyclic) bond motifs is 1. The van der Waals surface area contributed by atoms with Gasteiger partial charge in [-0.3, -0.25) is 19.2 Å². The van der Waals surface area contributed by atoms with Crippen molar-refractivity contribution in [3.63, 3.8) is 0 Å². The highest BCUT2D eigenvalue weighted by Gasteiger charge is 2.23. The van der Waals surface area contributed by atoms with E-state index in [2.05, 4.69) is 15.2 Å². The molecule has 0 unspecified atom stereocenters. The van der Waals surface area contributed by atoms with Gasteiger partial charge in [-0.15, -0.1) is 0 Å². The van der Waals surface area contributed by atoms with Gasteiger partial charge >= 0.3 is 5.69 Å². The summed E-state index contributed by atoms with van der Waals surface area (Å²) in [6.07, 6.45) is 0. The van der Waals surface area contributed by atoms with Crippen LogP contribution in [0.25, 0.3) is 0 Å². The standard InChI is InChI=1S/C20H19ClN4O2/c21-17-9-5-4-8-15(17)11-24-12-16-18(22-13-24)25(20(27)23-19(16)26)10-14-6-2-1-3-7-14/h1-9,22H,10-13H2,(H,23,26,27). The van der Waals surface area contributed by atoms with E-state index in [1.54, 1.807) is 4.57 Å². The van der Waals surface area contributed by atoms with Crippen molar-refractivity contribution in [3.05, 3.63) is 97.1 Å². The minimum atomic E-state index is -0.408. The van der Waals surface area contributed by atoms with Crippen LogP contribution in [0.4, 0.5) is 5.82 Å². The van der Waals surface area contributed by atoms with Crippen molar-refractivity contribution < 1.29 is 0 Å². The van der Waals surface area contributed by atoms with E-state index in [-0.39, 0.29) is 5.56 Å². The number of aromatic amines is 1. The summed E-state index contributed by atoms with van der Waals surface area (Å²) in [4.78, 5) is 29.3. The Kier molecular flexibility index (Phi) is 4.83. The van der Waals surface area contributed by atoms with Gasteiger partial charge in [0.25, 0.3) is 5.56 Å². The van der Waals surface area contributed by atoms with E-state index in [0.717, 1.165) is 11.1 Å². The Morgan fingerprint density at radius 3 is 2.48 bits per heavy atom. The first-order valence-corrected chi connectivity index (χ1v) is 9.09. The highest BCUT2D eigenvalue weighted by Crippen LogP contribution is 2.22. The monoisotopic (exact) mass is 382 g/mol. The van der Waals surface area contributed by atoms with E-state index in [1.807, 2.05) is 54.6 Å². The summed E-state index contributed by atoms with van der Waals surface area (Å²) >= 11 is 6.25. The second-order valence-electron chi connectivity index (χ2n) is 6.57. The molecule has 0 radical (unpaired) electrons. The molecule has 0 saturated carbocycles. The lowest BCUT2D eigenvalue weighted by Crippen LogP contribution is -2.43. The molecule has 2 aromatic carbocycles. The van der Waals surface area contributed by atoms with Gasteiger partial charge in [0, 0.05) is 18.1 Å². The van der Waals surface area contributed by atoms with Crippen molar-refractivity contribution in [1.82, 2.24) is 14.5 Å². The zero-order valence-electron chi connectivity index (χ0n) is 14.6. The maximum atomic E-state index is 12.4. The SMILES string of the molecule is O=c1[nH]c(=O)n(Cc2ccccc2)c2c1CN(Cc1ccccc1Cl)CN2. The molecule has 1 aliphatic rings. The number of H-pyrrole nitrogens is 1. The smallest absolute Gasteiger partial charge is 0.330 e. The second kappa shape index (κ2) is 7.42. The van der Waals surface area contributed by atoms with Crippen molar-refractivity contribution in [1.29, 1.82) is 0 Å². The number of nitrogens with one attached hydrogen (secondary N) is 2. The fraction of sp³-hybridized carbons (Fsp3) is 0.200. The Morgan fingerprint density at radius 2 is 1.70 bits per heavy atom. The average Bonchev–Trinajstić information content (AvgIpc) is 2.68. The molecule has 0 aliphatic carbocycles. The fourth-order valence-electron chi connectivity index (χ4n) is 3.32. The number of aromatic nitrogens is 2. The van der Waals surface area contributed by atoms with Crippen LogP contribution >= 0.6 is 11.6 Å². The van der Waals surface area contributed by atoms with Crippen molar-refractivity contribution in [2.24, 2.45) is 0 Å². The van der Waals surface area contributed by atoms with Crippen molar-refractivity contribution in [2.75, 3.05) is 12.0 Å². The summed E-state index contributed by atoms with van der Waals surface area (Å²) in [6, 6.07) is 17.4. The third kappa shape index (κ3) is 3.67. The van der Waals surface area contributed by atoms with Gasteiger partial charge in [0.05, 0.1) is 18.8 Å².